The molecule has 6 N–H and O–H groups in total. The summed E-state index contributed by atoms with van der Waals surface area (Å²) in [5.41, 5.74) is 3.97. The van der Waals surface area contributed by atoms with Crippen LogP contribution >= 0.6 is 0 Å². The monoisotopic (exact) mass is 443 g/mol. The van der Waals surface area contributed by atoms with Crippen molar-refractivity contribution in [2.75, 3.05) is 25.4 Å². The number of carboxylic acid groups (broad SMARTS) is 1. The second kappa shape index (κ2) is 10.3. The highest BCUT2D eigenvalue weighted by Crippen LogP contribution is 2.31. The van der Waals surface area contributed by atoms with Gasteiger partial charge in [0, 0.05) is 24.8 Å². The highest BCUT2D eigenvalue weighted by atomic mass is 19.4. The number of amides is 2. The SMILES string of the molecule is C=CCN(C(=O)O)[C@@H]1CCNC[C@@H]1NC(C=O)NC(=O)c1cc(C(F)(F)F)ccc1N. The van der Waals surface area contributed by atoms with Crippen LogP contribution in [0, 0.1) is 0 Å². The van der Waals surface area contributed by atoms with Gasteiger partial charge in [0.2, 0.25) is 0 Å². The number of hydrogen-bond acceptors (Lipinski definition) is 6. The largest absolute Gasteiger partial charge is 0.465 e. The molecule has 1 fully saturated rings. The summed E-state index contributed by atoms with van der Waals surface area (Å²) in [6, 6.07) is 1.24. The first-order valence-corrected chi connectivity index (χ1v) is 9.38. The zero-order valence-corrected chi connectivity index (χ0v) is 16.5. The van der Waals surface area contributed by atoms with E-state index in [0.29, 0.717) is 31.9 Å². The summed E-state index contributed by atoms with van der Waals surface area (Å²) in [7, 11) is 0. The topological polar surface area (TPSA) is 137 Å². The summed E-state index contributed by atoms with van der Waals surface area (Å²) in [6.45, 7) is 4.45. The fourth-order valence-electron chi connectivity index (χ4n) is 3.38. The van der Waals surface area contributed by atoms with E-state index in [-0.39, 0.29) is 12.2 Å². The van der Waals surface area contributed by atoms with Crippen LogP contribution in [0.2, 0.25) is 0 Å². The van der Waals surface area contributed by atoms with E-state index >= 15 is 0 Å². The number of aldehydes is 1. The maximum absolute atomic E-state index is 12.9. The van der Waals surface area contributed by atoms with Gasteiger partial charge in [-0.2, -0.15) is 13.2 Å². The van der Waals surface area contributed by atoms with E-state index in [0.717, 1.165) is 12.1 Å². The van der Waals surface area contributed by atoms with Gasteiger partial charge in [-0.25, -0.2) is 4.79 Å². The quantitative estimate of drug-likeness (QED) is 0.175. The average Bonchev–Trinajstić information content (AvgIpc) is 2.71. The van der Waals surface area contributed by atoms with Crippen LogP contribution in [0.4, 0.5) is 23.7 Å². The van der Waals surface area contributed by atoms with Crippen LogP contribution in [0.1, 0.15) is 22.3 Å². The molecule has 0 bridgehead atoms. The number of anilines is 1. The fourth-order valence-corrected chi connectivity index (χ4v) is 3.38. The number of carbonyl (C=O) groups excluding carboxylic acids is 2. The van der Waals surface area contributed by atoms with Gasteiger partial charge >= 0.3 is 12.3 Å². The molecule has 0 aromatic heterocycles. The number of alkyl halides is 3. The lowest BCUT2D eigenvalue weighted by Crippen LogP contribution is -2.64. The van der Waals surface area contributed by atoms with Gasteiger partial charge in [-0.05, 0) is 31.2 Å². The third-order valence-corrected chi connectivity index (χ3v) is 4.86. The molecule has 1 unspecified atom stereocenters. The van der Waals surface area contributed by atoms with Gasteiger partial charge in [0.1, 0.15) is 6.17 Å². The number of nitrogens with one attached hydrogen (secondary N) is 3. The standard InChI is InChI=1S/C19H24F3N5O4/c1-2-7-27(18(30)31)15-5-6-24-9-14(15)25-16(10-28)26-17(29)12-8-11(19(20,21)22)3-4-13(12)23/h2-4,8,10,14-16,24-25H,1,5-7,9,23H2,(H,26,29)(H,30,31)/t14-,15+,16?/m0/s1. The van der Waals surface area contributed by atoms with E-state index in [2.05, 4.69) is 22.5 Å². The van der Waals surface area contributed by atoms with Gasteiger partial charge in [-0.3, -0.25) is 14.9 Å². The van der Waals surface area contributed by atoms with Crippen molar-refractivity contribution >= 4 is 24.0 Å². The maximum atomic E-state index is 12.9. The summed E-state index contributed by atoms with van der Waals surface area (Å²) in [6.07, 6.45) is -4.88. The number of hydrogen-bond donors (Lipinski definition) is 5. The third-order valence-electron chi connectivity index (χ3n) is 4.86. The number of rotatable bonds is 8. The molecule has 0 aliphatic carbocycles. The van der Waals surface area contributed by atoms with E-state index < -0.39 is 47.6 Å². The zero-order chi connectivity index (χ0) is 23.2. The number of benzene rings is 1. The van der Waals surface area contributed by atoms with Gasteiger partial charge in [0.05, 0.1) is 17.2 Å². The van der Waals surface area contributed by atoms with Crippen LogP contribution in [0.25, 0.3) is 0 Å². The number of piperidine rings is 1. The molecule has 1 heterocycles. The number of carbonyl (C=O) groups is 3. The molecule has 0 radical (unpaired) electrons. The first kappa shape index (κ1) is 24.2. The number of halogens is 3. The summed E-state index contributed by atoms with van der Waals surface area (Å²) < 4.78 is 38.8. The van der Waals surface area contributed by atoms with Crippen LogP contribution in [0.3, 0.4) is 0 Å². The van der Waals surface area contributed by atoms with Crippen LogP contribution < -0.4 is 21.7 Å². The molecule has 0 spiro atoms. The molecule has 1 aliphatic rings. The smallest absolute Gasteiger partial charge is 0.416 e. The Labute approximate surface area is 176 Å². The Bertz CT molecular complexity index is 833. The Balaban J connectivity index is 2.17. The fraction of sp³-hybridized carbons (Fsp3) is 0.421. The van der Waals surface area contributed by atoms with Gasteiger partial charge in [-0.15, -0.1) is 6.58 Å². The van der Waals surface area contributed by atoms with Crippen molar-refractivity contribution in [1.29, 1.82) is 0 Å². The van der Waals surface area contributed by atoms with Gasteiger partial charge in [0.25, 0.3) is 5.91 Å². The van der Waals surface area contributed by atoms with Crippen LogP contribution in [0.5, 0.6) is 0 Å². The lowest BCUT2D eigenvalue weighted by molar-refractivity contribution is -0.137. The Hall–Kier alpha value is -3.12. The molecule has 3 atom stereocenters. The van der Waals surface area contributed by atoms with Gasteiger partial charge in [0.15, 0.2) is 6.29 Å². The summed E-state index contributed by atoms with van der Waals surface area (Å²) >= 11 is 0. The number of nitrogens with zero attached hydrogens (tertiary/aromatic N) is 1. The molecule has 2 rings (SSSR count). The van der Waals surface area contributed by atoms with Crippen LogP contribution in [-0.2, 0) is 11.0 Å². The minimum Gasteiger partial charge on any atom is -0.465 e. The number of nitrogens with two attached hydrogens (primary N) is 1. The van der Waals surface area contributed by atoms with E-state index in [1.807, 2.05) is 0 Å². The Morgan fingerprint density at radius 1 is 1.42 bits per heavy atom. The highest BCUT2D eigenvalue weighted by molar-refractivity contribution is 6.00. The molecule has 170 valence electrons. The van der Waals surface area contributed by atoms with Gasteiger partial charge < -0.3 is 26.4 Å². The van der Waals surface area contributed by atoms with E-state index in [9.17, 15) is 32.7 Å². The Kier molecular flexibility index (Phi) is 8.00. The minimum atomic E-state index is -4.67. The van der Waals surface area contributed by atoms with E-state index in [1.165, 1.54) is 11.0 Å². The van der Waals surface area contributed by atoms with Crippen molar-refractivity contribution in [2.24, 2.45) is 0 Å². The lowest BCUT2D eigenvalue weighted by atomic mass is 9.98. The summed E-state index contributed by atoms with van der Waals surface area (Å²) in [5, 5.41) is 17.7. The molecule has 9 nitrogen and oxygen atoms in total. The number of nitrogen functional groups attached to an aromatic ring is 1. The van der Waals surface area contributed by atoms with E-state index in [1.54, 1.807) is 0 Å². The lowest BCUT2D eigenvalue weighted by Gasteiger charge is -2.39. The van der Waals surface area contributed by atoms with Crippen LogP contribution in [-0.4, -0.2) is 66.2 Å². The molecule has 31 heavy (non-hydrogen) atoms. The maximum Gasteiger partial charge on any atom is 0.416 e. The van der Waals surface area contributed by atoms with Crippen molar-refractivity contribution in [2.45, 2.75) is 30.8 Å². The molecule has 1 aromatic rings. The second-order valence-corrected chi connectivity index (χ2v) is 6.94. The van der Waals surface area contributed by atoms with Crippen molar-refractivity contribution in [3.63, 3.8) is 0 Å². The molecule has 0 saturated carbocycles. The van der Waals surface area contributed by atoms with Gasteiger partial charge in [-0.1, -0.05) is 6.08 Å². The molecular weight excluding hydrogens is 419 g/mol. The predicted molar refractivity (Wildman–Crippen MR) is 106 cm³/mol. The molecule has 1 aliphatic heterocycles. The van der Waals surface area contributed by atoms with Crippen molar-refractivity contribution in [1.82, 2.24) is 20.9 Å². The summed E-state index contributed by atoms with van der Waals surface area (Å²) in [4.78, 5) is 36.8. The minimum absolute atomic E-state index is 0.0665. The van der Waals surface area contributed by atoms with Crippen molar-refractivity contribution in [3.05, 3.63) is 42.0 Å². The molecule has 12 heteroatoms. The zero-order valence-electron chi connectivity index (χ0n) is 16.5. The molecule has 1 saturated heterocycles. The Morgan fingerprint density at radius 2 is 2.13 bits per heavy atom. The van der Waals surface area contributed by atoms with Crippen molar-refractivity contribution < 1.29 is 32.7 Å². The second-order valence-electron chi connectivity index (χ2n) is 6.94. The first-order valence-electron chi connectivity index (χ1n) is 9.38. The highest BCUT2D eigenvalue weighted by Gasteiger charge is 2.35. The average molecular weight is 443 g/mol. The van der Waals surface area contributed by atoms with Crippen LogP contribution in [0.15, 0.2) is 30.9 Å². The van der Waals surface area contributed by atoms with E-state index in [4.69, 9.17) is 5.73 Å². The molecule has 1 aromatic carbocycles. The van der Waals surface area contributed by atoms with Crippen molar-refractivity contribution in [3.8, 4) is 0 Å². The first-order chi connectivity index (χ1) is 14.6. The summed E-state index contributed by atoms with van der Waals surface area (Å²) in [5.74, 6) is -0.977. The molecular formula is C19H24F3N5O4. The normalized spacial score (nSPS) is 19.8. The predicted octanol–water partition coefficient (Wildman–Crippen LogP) is 1.03. The third kappa shape index (κ3) is 6.18. The Morgan fingerprint density at radius 3 is 2.71 bits per heavy atom. The molecule has 2 amide bonds.